The number of esters is 1. The smallest absolute Gasteiger partial charge is 0.354 e. The van der Waals surface area contributed by atoms with Crippen molar-refractivity contribution < 1.29 is 9.53 Å². The highest BCUT2D eigenvalue weighted by molar-refractivity contribution is 6.50. The number of H-pyrrole nitrogens is 2. The van der Waals surface area contributed by atoms with Gasteiger partial charge < -0.3 is 14.7 Å². The van der Waals surface area contributed by atoms with E-state index < -0.39 is 5.97 Å². The molecule has 2 N–H and O–H groups in total. The fourth-order valence-electron chi connectivity index (χ4n) is 2.35. The number of benzene rings is 1. The number of hydrogen-bond acceptors (Lipinski definition) is 4. The number of rotatable bonds is 3. The molecule has 0 bridgehead atoms. The van der Waals surface area contributed by atoms with Crippen LogP contribution in [0.2, 0.25) is 0 Å². The molecule has 7 heteroatoms. The Kier molecular flexibility index (Phi) is 4.22. The maximum Gasteiger partial charge on any atom is 0.354 e. The number of ether oxygens (including phenoxy) is 1. The van der Waals surface area contributed by atoms with Crippen LogP contribution in [0.25, 0.3) is 22.0 Å². The molecule has 2 aromatic heterocycles. The quantitative estimate of drug-likeness (QED) is 0.715. The Labute approximate surface area is 142 Å². The summed E-state index contributed by atoms with van der Waals surface area (Å²) in [6, 6.07) is 8.66. The molecular weight excluding hydrogens is 330 g/mol. The Bertz CT molecular complexity index is 1020. The van der Waals surface area contributed by atoms with Crippen LogP contribution in [0.4, 0.5) is 0 Å². The zero-order valence-electron chi connectivity index (χ0n) is 13.0. The van der Waals surface area contributed by atoms with Gasteiger partial charge in [0.1, 0.15) is 5.69 Å². The number of halogens is 1. The van der Waals surface area contributed by atoms with Crippen LogP contribution in [0.3, 0.4) is 0 Å². The van der Waals surface area contributed by atoms with Crippen molar-refractivity contribution in [3.63, 3.8) is 0 Å². The van der Waals surface area contributed by atoms with Crippen LogP contribution in [0, 0.1) is 6.92 Å². The van der Waals surface area contributed by atoms with Crippen molar-refractivity contribution in [2.24, 2.45) is 0 Å². The summed E-state index contributed by atoms with van der Waals surface area (Å²) in [7, 11) is 1.30. The van der Waals surface area contributed by atoms with Crippen molar-refractivity contribution in [2.45, 2.75) is 6.92 Å². The molecule has 0 saturated carbocycles. The van der Waals surface area contributed by atoms with Crippen LogP contribution in [0.15, 0.2) is 35.1 Å². The monoisotopic (exact) mass is 343 g/mol. The average molecular weight is 344 g/mol. The Hall–Kier alpha value is -2.86. The molecule has 6 nitrogen and oxygen atoms in total. The number of aromatic amines is 2. The van der Waals surface area contributed by atoms with E-state index in [4.69, 9.17) is 11.6 Å². The zero-order chi connectivity index (χ0) is 17.3. The third-order valence-corrected chi connectivity index (χ3v) is 3.85. The topological polar surface area (TPSA) is 87.8 Å². The second kappa shape index (κ2) is 6.33. The van der Waals surface area contributed by atoms with Gasteiger partial charge in [-0.15, -0.1) is 0 Å². The van der Waals surface area contributed by atoms with E-state index in [-0.39, 0.29) is 16.4 Å². The van der Waals surface area contributed by atoms with Crippen LogP contribution in [0.5, 0.6) is 0 Å². The van der Waals surface area contributed by atoms with Crippen LogP contribution >= 0.6 is 11.6 Å². The first-order valence-corrected chi connectivity index (χ1v) is 7.52. The second-order valence-corrected chi connectivity index (χ2v) is 5.60. The average Bonchev–Trinajstić information content (AvgIpc) is 3.03. The number of carbonyl (C=O) groups excluding carboxylic acids is 1. The van der Waals surface area contributed by atoms with Gasteiger partial charge in [-0.25, -0.2) is 9.78 Å². The number of nitrogens with one attached hydrogen (secondary N) is 2. The van der Waals surface area contributed by atoms with Gasteiger partial charge in [0.2, 0.25) is 0 Å². The lowest BCUT2D eigenvalue weighted by Crippen LogP contribution is -2.11. The van der Waals surface area contributed by atoms with E-state index in [0.29, 0.717) is 22.3 Å². The number of para-hydroxylation sites is 1. The van der Waals surface area contributed by atoms with Gasteiger partial charge in [0.15, 0.2) is 5.82 Å². The van der Waals surface area contributed by atoms with Crippen LogP contribution < -0.4 is 5.56 Å². The molecule has 0 saturated heterocycles. The number of carbonyl (C=O) groups is 1. The molecule has 0 unspecified atom stereocenters. The van der Waals surface area contributed by atoms with Crippen LogP contribution in [0.1, 0.15) is 27.6 Å². The summed E-state index contributed by atoms with van der Waals surface area (Å²) < 4.78 is 4.63. The minimum absolute atomic E-state index is 0.246. The largest absolute Gasteiger partial charge is 0.464 e. The zero-order valence-corrected chi connectivity index (χ0v) is 13.8. The van der Waals surface area contributed by atoms with E-state index in [2.05, 4.69) is 19.7 Å². The van der Waals surface area contributed by atoms with E-state index in [1.165, 1.54) is 7.11 Å². The Morgan fingerprint density at radius 2 is 2.04 bits per heavy atom. The molecule has 122 valence electrons. The van der Waals surface area contributed by atoms with E-state index in [0.717, 1.165) is 5.56 Å². The Morgan fingerprint density at radius 1 is 1.25 bits per heavy atom. The Balaban J connectivity index is 2.03. The first kappa shape index (κ1) is 16.0. The molecule has 0 atom stereocenters. The summed E-state index contributed by atoms with van der Waals surface area (Å²) in [4.78, 5) is 33.6. The first-order chi connectivity index (χ1) is 11.5. The van der Waals surface area contributed by atoms with Crippen molar-refractivity contribution >= 4 is 39.6 Å². The van der Waals surface area contributed by atoms with Gasteiger partial charge in [-0.3, -0.25) is 4.79 Å². The molecule has 0 fully saturated rings. The molecule has 2 heterocycles. The number of fused-ring (bicyclic) bond motifs is 1. The summed E-state index contributed by atoms with van der Waals surface area (Å²) in [6.07, 6.45) is 1.58. The van der Waals surface area contributed by atoms with E-state index in [9.17, 15) is 9.59 Å². The number of methoxy groups -OCH3 is 1. The minimum atomic E-state index is -0.473. The number of aromatic nitrogens is 3. The van der Waals surface area contributed by atoms with Crippen molar-refractivity contribution in [1.82, 2.24) is 15.0 Å². The molecule has 24 heavy (non-hydrogen) atoms. The standard InChI is InChI=1S/C17H14ClN3O3/c1-9-4-3-5-11-14(9)20-15(21-16(11)22)12(18)8-10-6-7-13(19-10)17(23)24-2/h3-8,19H,1-2H3,(H,20,21,22)/b12-8-. The van der Waals surface area contributed by atoms with E-state index in [1.54, 1.807) is 30.3 Å². The molecule has 3 rings (SSSR count). The summed E-state index contributed by atoms with van der Waals surface area (Å²) in [6.45, 7) is 1.88. The molecule has 0 aliphatic heterocycles. The predicted octanol–water partition coefficient (Wildman–Crippen LogP) is 3.08. The second-order valence-electron chi connectivity index (χ2n) is 5.20. The predicted molar refractivity (Wildman–Crippen MR) is 93.0 cm³/mol. The minimum Gasteiger partial charge on any atom is -0.464 e. The lowest BCUT2D eigenvalue weighted by atomic mass is 10.1. The van der Waals surface area contributed by atoms with E-state index in [1.807, 2.05) is 13.0 Å². The number of nitrogens with zero attached hydrogens (tertiary/aromatic N) is 1. The lowest BCUT2D eigenvalue weighted by molar-refractivity contribution is 0.0595. The van der Waals surface area contributed by atoms with Gasteiger partial charge in [0.05, 0.1) is 23.0 Å². The fraction of sp³-hybridized carbons (Fsp3) is 0.118. The third-order valence-electron chi connectivity index (χ3n) is 3.56. The lowest BCUT2D eigenvalue weighted by Gasteiger charge is -2.04. The summed E-state index contributed by atoms with van der Waals surface area (Å²) in [5, 5.41) is 0.756. The number of hydrogen-bond donors (Lipinski definition) is 2. The van der Waals surface area contributed by atoms with Gasteiger partial charge in [0, 0.05) is 5.69 Å². The van der Waals surface area contributed by atoms with Crippen molar-refractivity contribution in [1.29, 1.82) is 0 Å². The maximum atomic E-state index is 12.2. The maximum absolute atomic E-state index is 12.2. The number of aryl methyl sites for hydroxylation is 1. The van der Waals surface area contributed by atoms with Crippen LogP contribution in [-0.2, 0) is 4.74 Å². The van der Waals surface area contributed by atoms with Crippen LogP contribution in [-0.4, -0.2) is 28.0 Å². The van der Waals surface area contributed by atoms with Crippen molar-refractivity contribution in [3.05, 3.63) is 63.5 Å². The van der Waals surface area contributed by atoms with Gasteiger partial charge in [0.25, 0.3) is 5.56 Å². The molecule has 3 aromatic rings. The summed E-state index contributed by atoms with van der Waals surface area (Å²) in [5.74, 6) is -0.212. The highest BCUT2D eigenvalue weighted by atomic mass is 35.5. The third kappa shape index (κ3) is 2.96. The first-order valence-electron chi connectivity index (χ1n) is 7.14. The van der Waals surface area contributed by atoms with E-state index >= 15 is 0 Å². The molecule has 0 radical (unpaired) electrons. The van der Waals surface area contributed by atoms with Gasteiger partial charge >= 0.3 is 5.97 Å². The molecule has 0 aliphatic rings. The van der Waals surface area contributed by atoms with Crippen molar-refractivity contribution in [2.75, 3.05) is 7.11 Å². The van der Waals surface area contributed by atoms with Gasteiger partial charge in [-0.1, -0.05) is 23.7 Å². The Morgan fingerprint density at radius 3 is 2.79 bits per heavy atom. The molecular formula is C17H14ClN3O3. The van der Waals surface area contributed by atoms with Gasteiger partial charge in [-0.05, 0) is 36.8 Å². The SMILES string of the molecule is COC(=O)c1ccc(/C=C(\Cl)c2nc3c(C)cccc3c(=O)[nH]2)[nH]1. The molecule has 0 spiro atoms. The van der Waals surface area contributed by atoms with Gasteiger partial charge in [-0.2, -0.15) is 0 Å². The highest BCUT2D eigenvalue weighted by Crippen LogP contribution is 2.21. The molecule has 0 amide bonds. The summed E-state index contributed by atoms with van der Waals surface area (Å²) in [5.41, 5.74) is 2.13. The molecule has 0 aliphatic carbocycles. The normalized spacial score (nSPS) is 11.7. The van der Waals surface area contributed by atoms with Crippen molar-refractivity contribution in [3.8, 4) is 0 Å². The molecule has 1 aromatic carbocycles. The summed E-state index contributed by atoms with van der Waals surface area (Å²) >= 11 is 6.28. The highest BCUT2D eigenvalue weighted by Gasteiger charge is 2.10. The fourth-order valence-corrected chi connectivity index (χ4v) is 2.56.